The van der Waals surface area contributed by atoms with Gasteiger partial charge in [0.25, 0.3) is 0 Å². The predicted octanol–water partition coefficient (Wildman–Crippen LogP) is 2.15. The van der Waals surface area contributed by atoms with E-state index in [0.29, 0.717) is 19.7 Å². The number of hydrogen-bond acceptors (Lipinski definition) is 3. The van der Waals surface area contributed by atoms with Crippen molar-refractivity contribution in [3.8, 4) is 5.75 Å². The van der Waals surface area contributed by atoms with Crippen LogP contribution in [-0.2, 0) is 11.3 Å². The average molecular weight is 260 g/mol. The van der Waals surface area contributed by atoms with E-state index in [1.165, 1.54) is 0 Å². The molecule has 1 aromatic carbocycles. The first kappa shape index (κ1) is 11.9. The van der Waals surface area contributed by atoms with Gasteiger partial charge in [-0.3, -0.25) is 0 Å². The third-order valence-corrected chi connectivity index (χ3v) is 3.20. The monoisotopic (exact) mass is 260 g/mol. The van der Waals surface area contributed by atoms with Crippen LogP contribution in [0.5, 0.6) is 5.75 Å². The van der Waals surface area contributed by atoms with E-state index >= 15 is 0 Å². The zero-order valence-electron chi connectivity index (χ0n) is 10.8. The summed E-state index contributed by atoms with van der Waals surface area (Å²) >= 11 is 0. The number of rotatable bonds is 4. The van der Waals surface area contributed by atoms with E-state index in [2.05, 4.69) is 9.88 Å². The number of aromatic nitrogens is 1. The lowest BCUT2D eigenvalue weighted by Crippen LogP contribution is -2.20. The first-order chi connectivity index (χ1) is 9.26. The molecule has 0 radical (unpaired) electrons. The van der Waals surface area contributed by atoms with Crippen LogP contribution in [0.1, 0.15) is 6.92 Å². The molecule has 2 aromatic rings. The Morgan fingerprint density at radius 2 is 2.37 bits per heavy atom. The van der Waals surface area contributed by atoms with E-state index in [1.54, 1.807) is 0 Å². The summed E-state index contributed by atoms with van der Waals surface area (Å²) in [7, 11) is 0. The fourth-order valence-electron chi connectivity index (χ4n) is 2.35. The standard InChI is InChI=1S/C14H16N2O3/c1-2-18-11-3-4-13-10(7-11)5-6-16(13)9-12-8-15-14(17)19-12/h3-7,12H,2,8-9H2,1H3,(H,15,17). The molecule has 100 valence electrons. The summed E-state index contributed by atoms with van der Waals surface area (Å²) in [6.07, 6.45) is 1.57. The van der Waals surface area contributed by atoms with Crippen LogP contribution in [0.4, 0.5) is 4.79 Å². The minimum Gasteiger partial charge on any atom is -0.494 e. The zero-order valence-corrected chi connectivity index (χ0v) is 10.8. The van der Waals surface area contributed by atoms with Gasteiger partial charge in [0.15, 0.2) is 0 Å². The predicted molar refractivity (Wildman–Crippen MR) is 71.4 cm³/mol. The average Bonchev–Trinajstić information content (AvgIpc) is 2.97. The summed E-state index contributed by atoms with van der Waals surface area (Å²) in [5.74, 6) is 0.877. The molecule has 1 aliphatic heterocycles. The van der Waals surface area contributed by atoms with Crippen LogP contribution >= 0.6 is 0 Å². The lowest BCUT2D eigenvalue weighted by molar-refractivity contribution is 0.131. The molecule has 1 fully saturated rings. The second-order valence-corrected chi connectivity index (χ2v) is 4.53. The van der Waals surface area contributed by atoms with Crippen LogP contribution in [0.15, 0.2) is 30.5 Å². The lowest BCUT2D eigenvalue weighted by Gasteiger charge is -2.10. The van der Waals surface area contributed by atoms with Crippen molar-refractivity contribution < 1.29 is 14.3 Å². The maximum Gasteiger partial charge on any atom is 0.407 e. The van der Waals surface area contributed by atoms with E-state index < -0.39 is 0 Å². The number of carbonyl (C=O) groups is 1. The van der Waals surface area contributed by atoms with Crippen molar-refractivity contribution in [2.24, 2.45) is 0 Å². The Morgan fingerprint density at radius 1 is 1.47 bits per heavy atom. The molecule has 1 atom stereocenters. The summed E-state index contributed by atoms with van der Waals surface area (Å²) in [6.45, 7) is 3.86. The number of benzene rings is 1. The molecule has 1 aliphatic rings. The molecule has 1 N–H and O–H groups in total. The molecule has 2 heterocycles. The number of nitrogens with zero attached hydrogens (tertiary/aromatic N) is 1. The summed E-state index contributed by atoms with van der Waals surface area (Å²) in [6, 6.07) is 8.06. The van der Waals surface area contributed by atoms with Gasteiger partial charge in [0.2, 0.25) is 0 Å². The maximum absolute atomic E-state index is 11.0. The van der Waals surface area contributed by atoms with Gasteiger partial charge < -0.3 is 19.4 Å². The Labute approximate surface area is 111 Å². The van der Waals surface area contributed by atoms with Crippen LogP contribution in [0.3, 0.4) is 0 Å². The Balaban J connectivity index is 1.82. The van der Waals surface area contributed by atoms with Crippen molar-refractivity contribution in [2.75, 3.05) is 13.2 Å². The molecule has 0 spiro atoms. The number of amides is 1. The van der Waals surface area contributed by atoms with Gasteiger partial charge in [0.05, 0.1) is 19.7 Å². The normalized spacial score (nSPS) is 18.4. The number of cyclic esters (lactones) is 1. The first-order valence-electron chi connectivity index (χ1n) is 6.42. The van der Waals surface area contributed by atoms with Crippen LogP contribution in [0, 0.1) is 0 Å². The summed E-state index contributed by atoms with van der Waals surface area (Å²) in [5, 5.41) is 3.79. The highest BCUT2D eigenvalue weighted by Gasteiger charge is 2.22. The van der Waals surface area contributed by atoms with Gasteiger partial charge >= 0.3 is 6.09 Å². The third kappa shape index (κ3) is 2.36. The molecule has 1 unspecified atom stereocenters. The largest absolute Gasteiger partial charge is 0.494 e. The topological polar surface area (TPSA) is 52.5 Å². The van der Waals surface area contributed by atoms with Crippen molar-refractivity contribution in [1.82, 2.24) is 9.88 Å². The first-order valence-corrected chi connectivity index (χ1v) is 6.42. The second-order valence-electron chi connectivity index (χ2n) is 4.53. The highest BCUT2D eigenvalue weighted by molar-refractivity contribution is 5.81. The highest BCUT2D eigenvalue weighted by atomic mass is 16.6. The number of carbonyl (C=O) groups excluding carboxylic acids is 1. The Bertz CT molecular complexity index is 606. The number of alkyl carbamates (subject to hydrolysis) is 1. The van der Waals surface area contributed by atoms with E-state index in [0.717, 1.165) is 16.7 Å². The number of fused-ring (bicyclic) bond motifs is 1. The van der Waals surface area contributed by atoms with Crippen molar-refractivity contribution in [3.63, 3.8) is 0 Å². The third-order valence-electron chi connectivity index (χ3n) is 3.20. The van der Waals surface area contributed by atoms with Gasteiger partial charge in [-0.1, -0.05) is 0 Å². The fraction of sp³-hybridized carbons (Fsp3) is 0.357. The molecule has 3 rings (SSSR count). The van der Waals surface area contributed by atoms with Crippen LogP contribution in [-0.4, -0.2) is 29.9 Å². The molecule has 0 saturated carbocycles. The van der Waals surface area contributed by atoms with Crippen LogP contribution < -0.4 is 10.1 Å². The summed E-state index contributed by atoms with van der Waals surface area (Å²) < 4.78 is 12.7. The molecule has 1 aromatic heterocycles. The van der Waals surface area contributed by atoms with Gasteiger partial charge in [-0.05, 0) is 31.2 Å². The fourth-order valence-corrected chi connectivity index (χ4v) is 2.35. The van der Waals surface area contributed by atoms with Gasteiger partial charge in [-0.15, -0.1) is 0 Å². The van der Waals surface area contributed by atoms with Gasteiger partial charge in [-0.2, -0.15) is 0 Å². The van der Waals surface area contributed by atoms with E-state index in [9.17, 15) is 4.79 Å². The van der Waals surface area contributed by atoms with E-state index in [-0.39, 0.29) is 12.2 Å². The minimum atomic E-state index is -0.333. The number of nitrogens with one attached hydrogen (secondary N) is 1. The SMILES string of the molecule is CCOc1ccc2c(ccn2CC2CNC(=O)O2)c1. The molecular formula is C14H16N2O3. The van der Waals surface area contributed by atoms with Crippen molar-refractivity contribution in [1.29, 1.82) is 0 Å². The minimum absolute atomic E-state index is 0.102. The number of ether oxygens (including phenoxy) is 2. The van der Waals surface area contributed by atoms with Crippen molar-refractivity contribution in [3.05, 3.63) is 30.5 Å². The number of hydrogen-bond donors (Lipinski definition) is 1. The maximum atomic E-state index is 11.0. The molecule has 1 saturated heterocycles. The van der Waals surface area contributed by atoms with E-state index in [1.807, 2.05) is 37.4 Å². The van der Waals surface area contributed by atoms with Gasteiger partial charge in [-0.25, -0.2) is 4.79 Å². The molecule has 19 heavy (non-hydrogen) atoms. The Hall–Kier alpha value is -2.17. The molecule has 1 amide bonds. The molecule has 0 bridgehead atoms. The molecular weight excluding hydrogens is 244 g/mol. The van der Waals surface area contributed by atoms with Crippen LogP contribution in [0.2, 0.25) is 0 Å². The molecule has 5 heteroatoms. The quantitative estimate of drug-likeness (QED) is 0.916. The Kier molecular flexibility index (Phi) is 3.03. The van der Waals surface area contributed by atoms with Crippen molar-refractivity contribution >= 4 is 17.0 Å². The smallest absolute Gasteiger partial charge is 0.407 e. The molecule has 5 nitrogen and oxygen atoms in total. The summed E-state index contributed by atoms with van der Waals surface area (Å²) in [4.78, 5) is 11.0. The summed E-state index contributed by atoms with van der Waals surface area (Å²) in [5.41, 5.74) is 1.12. The highest BCUT2D eigenvalue weighted by Crippen LogP contribution is 2.22. The van der Waals surface area contributed by atoms with Crippen LogP contribution in [0.25, 0.3) is 10.9 Å². The molecule has 0 aliphatic carbocycles. The van der Waals surface area contributed by atoms with Gasteiger partial charge in [0, 0.05) is 17.1 Å². The zero-order chi connectivity index (χ0) is 13.2. The van der Waals surface area contributed by atoms with Gasteiger partial charge in [0.1, 0.15) is 11.9 Å². The lowest BCUT2D eigenvalue weighted by atomic mass is 10.2. The van der Waals surface area contributed by atoms with Crippen molar-refractivity contribution in [2.45, 2.75) is 19.6 Å². The second kappa shape index (κ2) is 4.84. The Morgan fingerprint density at radius 3 is 3.11 bits per heavy atom. The van der Waals surface area contributed by atoms with E-state index in [4.69, 9.17) is 9.47 Å².